The zero-order valence-electron chi connectivity index (χ0n) is 18.9. The van der Waals surface area contributed by atoms with Crippen molar-refractivity contribution in [3.63, 3.8) is 0 Å². The van der Waals surface area contributed by atoms with Crippen molar-refractivity contribution in [1.82, 2.24) is 9.21 Å². The number of benzene rings is 2. The maximum atomic E-state index is 13.0. The number of hydrogen-bond donors (Lipinski definition) is 1. The number of sulfonamides is 1. The number of carbonyl (C=O) groups is 3. The number of ether oxygens (including phenoxy) is 1. The second-order valence-corrected chi connectivity index (χ2v) is 10.4. The molecule has 1 atom stereocenters. The number of imide groups is 1. The van der Waals surface area contributed by atoms with E-state index in [1.54, 1.807) is 36.4 Å². The van der Waals surface area contributed by atoms with E-state index in [4.69, 9.17) is 4.74 Å². The van der Waals surface area contributed by atoms with Crippen LogP contribution in [0.15, 0.2) is 53.4 Å². The first kappa shape index (κ1) is 23.9. The molecule has 2 fully saturated rings. The Morgan fingerprint density at radius 3 is 2.29 bits per heavy atom. The molecule has 0 aliphatic carbocycles. The molecule has 0 radical (unpaired) electrons. The van der Waals surface area contributed by atoms with Crippen molar-refractivity contribution in [3.05, 3.63) is 54.1 Å². The van der Waals surface area contributed by atoms with E-state index in [1.807, 2.05) is 0 Å². The molecule has 2 saturated heterocycles. The maximum Gasteiger partial charge on any atom is 0.243 e. The number of methoxy groups -OCH3 is 1. The Hall–Kier alpha value is -3.24. The molecule has 1 unspecified atom stereocenters. The molecule has 9 nitrogen and oxygen atoms in total. The molecule has 0 bridgehead atoms. The summed E-state index contributed by atoms with van der Waals surface area (Å²) in [6, 6.07) is 13.2. The lowest BCUT2D eigenvalue weighted by Crippen LogP contribution is -2.43. The fraction of sp³-hybridized carbons (Fsp3) is 0.375. The van der Waals surface area contributed by atoms with Gasteiger partial charge in [0.05, 0.1) is 24.5 Å². The van der Waals surface area contributed by atoms with E-state index in [0.29, 0.717) is 30.8 Å². The predicted octanol–water partition coefficient (Wildman–Crippen LogP) is 2.38. The molecular formula is C24H27N3O6S. The lowest BCUT2D eigenvalue weighted by molar-refractivity contribution is -0.139. The minimum absolute atomic E-state index is 0.109. The summed E-state index contributed by atoms with van der Waals surface area (Å²) in [5.74, 6) is -0.490. The molecular weight excluding hydrogens is 458 g/mol. The molecule has 2 aromatic carbocycles. The number of piperidine rings is 1. The van der Waals surface area contributed by atoms with Gasteiger partial charge in [0.2, 0.25) is 27.7 Å². The van der Waals surface area contributed by atoms with Gasteiger partial charge in [0.15, 0.2) is 0 Å². The van der Waals surface area contributed by atoms with Crippen molar-refractivity contribution in [2.75, 3.05) is 25.5 Å². The van der Waals surface area contributed by atoms with Crippen LogP contribution in [0.25, 0.3) is 0 Å². The van der Waals surface area contributed by atoms with Crippen LogP contribution in [-0.4, -0.2) is 55.5 Å². The van der Waals surface area contributed by atoms with Gasteiger partial charge in [-0.2, -0.15) is 4.31 Å². The van der Waals surface area contributed by atoms with Gasteiger partial charge in [-0.15, -0.1) is 0 Å². The zero-order chi connectivity index (χ0) is 24.3. The molecule has 180 valence electrons. The monoisotopic (exact) mass is 485 g/mol. The number of nitrogens with zero attached hydrogens (tertiary/aromatic N) is 2. The van der Waals surface area contributed by atoms with Gasteiger partial charge in [0.25, 0.3) is 0 Å². The highest BCUT2D eigenvalue weighted by atomic mass is 32.2. The molecule has 10 heteroatoms. The van der Waals surface area contributed by atoms with E-state index in [2.05, 4.69) is 5.32 Å². The Morgan fingerprint density at radius 1 is 1.03 bits per heavy atom. The first-order valence-corrected chi connectivity index (χ1v) is 12.6. The van der Waals surface area contributed by atoms with Gasteiger partial charge in [-0.3, -0.25) is 19.3 Å². The second-order valence-electron chi connectivity index (χ2n) is 8.44. The fourth-order valence-corrected chi connectivity index (χ4v) is 5.71. The summed E-state index contributed by atoms with van der Waals surface area (Å²) < 4.78 is 32.5. The van der Waals surface area contributed by atoms with Crippen LogP contribution in [0, 0.1) is 5.92 Å². The summed E-state index contributed by atoms with van der Waals surface area (Å²) in [7, 11) is -2.20. The van der Waals surface area contributed by atoms with Crippen LogP contribution in [0.4, 0.5) is 5.69 Å². The van der Waals surface area contributed by atoms with Crippen LogP contribution in [0.1, 0.15) is 31.2 Å². The third-order valence-electron chi connectivity index (χ3n) is 6.17. The van der Waals surface area contributed by atoms with Gasteiger partial charge in [0, 0.05) is 31.6 Å². The summed E-state index contributed by atoms with van der Waals surface area (Å²) >= 11 is 0. The van der Waals surface area contributed by atoms with Crippen molar-refractivity contribution in [3.8, 4) is 5.75 Å². The maximum absolute atomic E-state index is 13.0. The molecule has 0 aromatic heterocycles. The number of rotatable bonds is 7. The highest BCUT2D eigenvalue weighted by Gasteiger charge is 2.33. The van der Waals surface area contributed by atoms with E-state index in [1.165, 1.54) is 28.4 Å². The van der Waals surface area contributed by atoms with Crippen LogP contribution < -0.4 is 10.1 Å². The summed E-state index contributed by atoms with van der Waals surface area (Å²) in [5, 5.41) is 2.85. The second kappa shape index (κ2) is 9.94. The van der Waals surface area contributed by atoms with E-state index in [0.717, 1.165) is 5.56 Å². The number of amides is 3. The Labute approximate surface area is 198 Å². The van der Waals surface area contributed by atoms with E-state index in [-0.39, 0.29) is 48.5 Å². The Morgan fingerprint density at radius 2 is 1.68 bits per heavy atom. The van der Waals surface area contributed by atoms with Gasteiger partial charge >= 0.3 is 0 Å². The lowest BCUT2D eigenvalue weighted by Gasteiger charge is -2.31. The molecule has 0 spiro atoms. The molecule has 2 aliphatic heterocycles. The van der Waals surface area contributed by atoms with Crippen LogP contribution in [0.3, 0.4) is 0 Å². The number of likely N-dealkylation sites (tertiary alicyclic amines) is 1. The number of carbonyl (C=O) groups excluding carboxylic acids is 3. The topological polar surface area (TPSA) is 113 Å². The Bertz CT molecular complexity index is 1160. The summed E-state index contributed by atoms with van der Waals surface area (Å²) in [6.07, 6.45) is 1.68. The predicted molar refractivity (Wildman–Crippen MR) is 124 cm³/mol. The van der Waals surface area contributed by atoms with E-state index in [9.17, 15) is 22.8 Å². The molecule has 2 heterocycles. The van der Waals surface area contributed by atoms with Gasteiger partial charge in [0.1, 0.15) is 5.75 Å². The van der Waals surface area contributed by atoms with Crippen molar-refractivity contribution in [2.45, 2.75) is 37.1 Å². The van der Waals surface area contributed by atoms with Crippen LogP contribution in [0.2, 0.25) is 0 Å². The van der Waals surface area contributed by atoms with Crippen molar-refractivity contribution < 1.29 is 27.5 Å². The van der Waals surface area contributed by atoms with E-state index >= 15 is 0 Å². The summed E-state index contributed by atoms with van der Waals surface area (Å²) in [5.41, 5.74) is 1.36. The largest absolute Gasteiger partial charge is 0.497 e. The first-order valence-electron chi connectivity index (χ1n) is 11.1. The normalized spacial score (nSPS) is 19.3. The minimum Gasteiger partial charge on any atom is -0.497 e. The van der Waals surface area contributed by atoms with Crippen molar-refractivity contribution >= 4 is 33.4 Å². The smallest absolute Gasteiger partial charge is 0.243 e. The number of hydrogen-bond acceptors (Lipinski definition) is 6. The van der Waals surface area contributed by atoms with Crippen LogP contribution in [-0.2, 0) is 31.0 Å². The standard InChI is InChI=1S/C24H27N3O6S/c1-33-20-8-10-21(11-9-20)34(31,32)26-14-2-3-18(16-26)24(30)25-19-6-4-17(5-7-19)15-27-22(28)12-13-23(27)29/h4-11,18H,2-3,12-16H2,1H3,(H,25,30). The van der Waals surface area contributed by atoms with Crippen LogP contribution in [0.5, 0.6) is 5.75 Å². The molecule has 1 N–H and O–H groups in total. The number of anilines is 1. The highest BCUT2D eigenvalue weighted by molar-refractivity contribution is 7.89. The minimum atomic E-state index is -3.71. The van der Waals surface area contributed by atoms with Gasteiger partial charge in [-0.1, -0.05) is 12.1 Å². The average molecular weight is 486 g/mol. The number of nitrogens with one attached hydrogen (secondary N) is 1. The summed E-state index contributed by atoms with van der Waals surface area (Å²) in [4.78, 5) is 37.9. The first-order chi connectivity index (χ1) is 16.3. The molecule has 4 rings (SSSR count). The summed E-state index contributed by atoms with van der Waals surface area (Å²) in [6.45, 7) is 0.685. The third-order valence-corrected chi connectivity index (χ3v) is 8.05. The van der Waals surface area contributed by atoms with Crippen LogP contribution >= 0.6 is 0 Å². The Kier molecular flexibility index (Phi) is 6.99. The van der Waals surface area contributed by atoms with Gasteiger partial charge in [-0.25, -0.2) is 8.42 Å². The van der Waals surface area contributed by atoms with E-state index < -0.39 is 15.9 Å². The van der Waals surface area contributed by atoms with Crippen molar-refractivity contribution in [2.24, 2.45) is 5.92 Å². The highest BCUT2D eigenvalue weighted by Crippen LogP contribution is 2.26. The molecule has 34 heavy (non-hydrogen) atoms. The quantitative estimate of drug-likeness (QED) is 0.603. The molecule has 2 aliphatic rings. The zero-order valence-corrected chi connectivity index (χ0v) is 19.7. The average Bonchev–Trinajstić information content (AvgIpc) is 3.17. The van der Waals surface area contributed by atoms with Gasteiger partial charge in [-0.05, 0) is 54.8 Å². The van der Waals surface area contributed by atoms with Gasteiger partial charge < -0.3 is 10.1 Å². The Balaban J connectivity index is 1.37. The SMILES string of the molecule is COc1ccc(S(=O)(=O)N2CCCC(C(=O)Nc3ccc(CN4C(=O)CCC4=O)cc3)C2)cc1. The molecule has 0 saturated carbocycles. The molecule has 2 aromatic rings. The lowest BCUT2D eigenvalue weighted by atomic mass is 9.98. The fourth-order valence-electron chi connectivity index (χ4n) is 4.19. The van der Waals surface area contributed by atoms with Crippen molar-refractivity contribution in [1.29, 1.82) is 0 Å². The third kappa shape index (κ3) is 5.13. The molecule has 3 amide bonds.